The van der Waals surface area contributed by atoms with Crippen LogP contribution in [-0.4, -0.2) is 27.8 Å². The molecule has 5 nitrogen and oxygen atoms in total. The molecule has 0 fully saturated rings. The second-order valence-electron chi connectivity index (χ2n) is 5.53. The van der Waals surface area contributed by atoms with E-state index in [0.29, 0.717) is 16.9 Å². The first kappa shape index (κ1) is 16.2. The lowest BCUT2D eigenvalue weighted by molar-refractivity contribution is -0.0506. The zero-order valence-corrected chi connectivity index (χ0v) is 13.4. The number of ether oxygens (including phenoxy) is 1. The number of alkyl halides is 3. The minimum absolute atomic E-state index is 0.00169. The van der Waals surface area contributed by atoms with Crippen molar-refractivity contribution in [2.75, 3.05) is 6.54 Å². The van der Waals surface area contributed by atoms with Crippen molar-refractivity contribution >= 4 is 17.2 Å². The third kappa shape index (κ3) is 2.81. The van der Waals surface area contributed by atoms with Crippen LogP contribution in [0.4, 0.5) is 13.2 Å². The van der Waals surface area contributed by atoms with E-state index in [9.17, 15) is 13.2 Å². The average Bonchev–Trinajstić information content (AvgIpc) is 2.95. The largest absolute Gasteiger partial charge is 0.434 e. The third-order valence-corrected chi connectivity index (χ3v) is 4.23. The predicted molar refractivity (Wildman–Crippen MR) is 84.8 cm³/mol. The Hall–Kier alpha value is -2.32. The monoisotopic (exact) mass is 368 g/mol. The fourth-order valence-electron chi connectivity index (χ4n) is 3.04. The number of aromatic nitrogens is 3. The summed E-state index contributed by atoms with van der Waals surface area (Å²) in [6.45, 7) is -2.97. The molecule has 25 heavy (non-hydrogen) atoms. The standard InChI is InChI=1S/C16H12ClF3N4O/c17-11-5-6-12-22-14-9(18)7-21-13(15(14)24(12)23-11)8-3-1-2-4-10(8)25-16(19)20/h1-6,9,13,16,21H,7H2/t9-,13-/m0/s1. The molecule has 0 saturated heterocycles. The Bertz CT molecular complexity index is 933. The lowest BCUT2D eigenvalue weighted by atomic mass is 9.96. The van der Waals surface area contributed by atoms with E-state index in [1.807, 2.05) is 0 Å². The SMILES string of the molecule is FC(F)Oc1ccccc1[C@@H]1NC[C@H](F)c2nc3ccc(Cl)nn3c21. The molecule has 0 amide bonds. The molecule has 0 saturated carbocycles. The van der Waals surface area contributed by atoms with E-state index in [4.69, 9.17) is 11.6 Å². The number of fused-ring (bicyclic) bond motifs is 3. The Morgan fingerprint density at radius 2 is 2.04 bits per heavy atom. The molecule has 3 aromatic rings. The lowest BCUT2D eigenvalue weighted by Crippen LogP contribution is -2.33. The van der Waals surface area contributed by atoms with Crippen molar-refractivity contribution in [3.63, 3.8) is 0 Å². The van der Waals surface area contributed by atoms with Crippen molar-refractivity contribution in [2.45, 2.75) is 18.8 Å². The van der Waals surface area contributed by atoms with Crippen LogP contribution in [0.15, 0.2) is 36.4 Å². The van der Waals surface area contributed by atoms with Gasteiger partial charge in [0.25, 0.3) is 0 Å². The van der Waals surface area contributed by atoms with Gasteiger partial charge in [-0.15, -0.1) is 0 Å². The molecule has 0 radical (unpaired) electrons. The van der Waals surface area contributed by atoms with Crippen LogP contribution in [0, 0.1) is 0 Å². The van der Waals surface area contributed by atoms with Crippen LogP contribution in [-0.2, 0) is 0 Å². The quantitative estimate of drug-likeness (QED) is 0.766. The smallest absolute Gasteiger partial charge is 0.387 e. The van der Waals surface area contributed by atoms with E-state index in [2.05, 4.69) is 20.1 Å². The van der Waals surface area contributed by atoms with Crippen LogP contribution in [0.3, 0.4) is 0 Å². The molecule has 4 rings (SSSR count). The van der Waals surface area contributed by atoms with Crippen LogP contribution in [0.25, 0.3) is 5.65 Å². The Morgan fingerprint density at radius 1 is 1.24 bits per heavy atom. The van der Waals surface area contributed by atoms with Gasteiger partial charge in [-0.25, -0.2) is 13.9 Å². The number of hydrogen-bond acceptors (Lipinski definition) is 4. The second-order valence-corrected chi connectivity index (χ2v) is 5.92. The summed E-state index contributed by atoms with van der Waals surface area (Å²) in [6.07, 6.45) is -1.34. The number of nitrogens with zero attached hydrogens (tertiary/aromatic N) is 3. The zero-order valence-electron chi connectivity index (χ0n) is 12.7. The van der Waals surface area contributed by atoms with Gasteiger partial charge < -0.3 is 10.1 Å². The van der Waals surface area contributed by atoms with Gasteiger partial charge in [0.1, 0.15) is 16.6 Å². The molecule has 0 spiro atoms. The number of imidazole rings is 1. The summed E-state index contributed by atoms with van der Waals surface area (Å²) in [6, 6.07) is 8.93. The van der Waals surface area contributed by atoms with E-state index in [1.54, 1.807) is 30.3 Å². The molecule has 1 aliphatic heterocycles. The summed E-state index contributed by atoms with van der Waals surface area (Å²) < 4.78 is 45.8. The first-order valence-electron chi connectivity index (χ1n) is 7.51. The summed E-state index contributed by atoms with van der Waals surface area (Å²) in [4.78, 5) is 4.28. The average molecular weight is 369 g/mol. The van der Waals surface area contributed by atoms with Crippen LogP contribution < -0.4 is 10.1 Å². The van der Waals surface area contributed by atoms with Crippen molar-refractivity contribution in [1.82, 2.24) is 19.9 Å². The van der Waals surface area contributed by atoms with Gasteiger partial charge in [-0.05, 0) is 18.2 Å². The van der Waals surface area contributed by atoms with E-state index in [-0.39, 0.29) is 23.1 Å². The maximum Gasteiger partial charge on any atom is 0.387 e. The van der Waals surface area contributed by atoms with Crippen LogP contribution in [0.5, 0.6) is 5.75 Å². The van der Waals surface area contributed by atoms with Crippen molar-refractivity contribution in [1.29, 1.82) is 0 Å². The summed E-state index contributed by atoms with van der Waals surface area (Å²) in [5.74, 6) is 0.00948. The molecular formula is C16H12ClF3N4O. The lowest BCUT2D eigenvalue weighted by Gasteiger charge is -2.27. The fourth-order valence-corrected chi connectivity index (χ4v) is 3.18. The minimum Gasteiger partial charge on any atom is -0.434 e. The third-order valence-electron chi connectivity index (χ3n) is 4.03. The zero-order chi connectivity index (χ0) is 17.6. The normalized spacial score (nSPS) is 20.0. The molecule has 130 valence electrons. The summed E-state index contributed by atoms with van der Waals surface area (Å²) in [5.41, 5.74) is 1.50. The first-order chi connectivity index (χ1) is 12.0. The molecule has 1 N–H and O–H groups in total. The van der Waals surface area contributed by atoms with Crippen LogP contribution in [0.2, 0.25) is 5.15 Å². The van der Waals surface area contributed by atoms with Gasteiger partial charge in [-0.3, -0.25) is 0 Å². The van der Waals surface area contributed by atoms with Crippen molar-refractivity contribution in [3.05, 3.63) is 58.5 Å². The molecule has 3 heterocycles. The molecule has 0 bridgehead atoms. The predicted octanol–water partition coefficient (Wildman–Crippen LogP) is 3.69. The summed E-state index contributed by atoms with van der Waals surface area (Å²) >= 11 is 5.95. The van der Waals surface area contributed by atoms with Crippen molar-refractivity contribution in [3.8, 4) is 5.75 Å². The Labute approximate surface area is 145 Å². The molecule has 0 unspecified atom stereocenters. The highest BCUT2D eigenvalue weighted by molar-refractivity contribution is 6.29. The number of hydrogen-bond donors (Lipinski definition) is 1. The number of halogens is 4. The van der Waals surface area contributed by atoms with Gasteiger partial charge in [0.15, 0.2) is 11.8 Å². The number of nitrogens with one attached hydrogen (secondary N) is 1. The van der Waals surface area contributed by atoms with Crippen LogP contribution in [0.1, 0.15) is 29.2 Å². The van der Waals surface area contributed by atoms with E-state index < -0.39 is 18.8 Å². The van der Waals surface area contributed by atoms with Gasteiger partial charge in [0, 0.05) is 12.1 Å². The fraction of sp³-hybridized carbons (Fsp3) is 0.250. The highest BCUT2D eigenvalue weighted by Gasteiger charge is 2.35. The van der Waals surface area contributed by atoms with E-state index >= 15 is 0 Å². The molecule has 1 aromatic carbocycles. The van der Waals surface area contributed by atoms with Crippen LogP contribution >= 0.6 is 11.6 Å². The highest BCUT2D eigenvalue weighted by atomic mass is 35.5. The van der Waals surface area contributed by atoms with Gasteiger partial charge in [0.05, 0.1) is 11.7 Å². The minimum atomic E-state index is -2.96. The molecular weight excluding hydrogens is 357 g/mol. The van der Waals surface area contributed by atoms with Crippen molar-refractivity contribution in [2.24, 2.45) is 0 Å². The molecule has 9 heteroatoms. The molecule has 1 aliphatic rings. The first-order valence-corrected chi connectivity index (χ1v) is 7.88. The molecule has 2 atom stereocenters. The van der Waals surface area contributed by atoms with Gasteiger partial charge in [-0.2, -0.15) is 13.9 Å². The van der Waals surface area contributed by atoms with Gasteiger partial charge >= 0.3 is 6.61 Å². The Balaban J connectivity index is 1.91. The van der Waals surface area contributed by atoms with E-state index in [0.717, 1.165) is 0 Å². The second kappa shape index (κ2) is 6.20. The summed E-state index contributed by atoms with van der Waals surface area (Å²) in [5, 5.41) is 7.40. The van der Waals surface area contributed by atoms with Gasteiger partial charge in [0.2, 0.25) is 0 Å². The van der Waals surface area contributed by atoms with Crippen molar-refractivity contribution < 1.29 is 17.9 Å². The number of benzene rings is 1. The molecule has 0 aliphatic carbocycles. The van der Waals surface area contributed by atoms with E-state index in [1.165, 1.54) is 10.6 Å². The Morgan fingerprint density at radius 3 is 2.84 bits per heavy atom. The maximum absolute atomic E-state index is 14.4. The van der Waals surface area contributed by atoms with Gasteiger partial charge in [-0.1, -0.05) is 29.8 Å². The summed E-state index contributed by atoms with van der Waals surface area (Å²) in [7, 11) is 0. The maximum atomic E-state index is 14.4. The Kier molecular flexibility index (Phi) is 4.01. The topological polar surface area (TPSA) is 51.5 Å². The number of rotatable bonds is 3. The number of para-hydroxylation sites is 1. The molecule has 2 aromatic heterocycles. The highest BCUT2D eigenvalue weighted by Crippen LogP contribution is 2.38.